The first-order chi connectivity index (χ1) is 8.83. The summed E-state index contributed by atoms with van der Waals surface area (Å²) >= 11 is 0. The number of hydrogen-bond donors (Lipinski definition) is 0. The quantitative estimate of drug-likeness (QED) is 0.554. The van der Waals surface area contributed by atoms with Crippen LogP contribution in [0.1, 0.15) is 64.7 Å². The maximum atomic E-state index is 3.76. The van der Waals surface area contributed by atoms with Crippen LogP contribution in [0.5, 0.6) is 0 Å². The van der Waals surface area contributed by atoms with Crippen molar-refractivity contribution in [2.75, 3.05) is 0 Å². The zero-order valence-corrected chi connectivity index (χ0v) is 12.1. The first-order valence-electron chi connectivity index (χ1n) is 8.12. The molecule has 0 atom stereocenters. The van der Waals surface area contributed by atoms with E-state index in [4.69, 9.17) is 0 Å². The minimum atomic E-state index is 0.839. The van der Waals surface area contributed by atoms with Crippen molar-refractivity contribution in [3.63, 3.8) is 0 Å². The van der Waals surface area contributed by atoms with Gasteiger partial charge in [-0.1, -0.05) is 51.0 Å². The third kappa shape index (κ3) is 3.73. The Labute approximate surface area is 114 Å². The van der Waals surface area contributed by atoms with Crippen LogP contribution in [0, 0.1) is 23.7 Å². The molecule has 0 aliphatic heterocycles. The van der Waals surface area contributed by atoms with Gasteiger partial charge in [0.2, 0.25) is 0 Å². The third-order valence-corrected chi connectivity index (χ3v) is 5.47. The van der Waals surface area contributed by atoms with E-state index in [0.717, 1.165) is 23.7 Å². The molecule has 2 aliphatic carbocycles. The van der Waals surface area contributed by atoms with Gasteiger partial charge >= 0.3 is 0 Å². The number of rotatable bonds is 4. The summed E-state index contributed by atoms with van der Waals surface area (Å²) in [6, 6.07) is 0. The Bertz CT molecular complexity index is 260. The SMILES string of the molecule is C=CC=CC1CCC(C2CCC(CC)CC2)CC1. The van der Waals surface area contributed by atoms with Crippen molar-refractivity contribution in [2.45, 2.75) is 64.7 Å². The molecule has 2 rings (SSSR count). The van der Waals surface area contributed by atoms with E-state index in [-0.39, 0.29) is 0 Å². The molecule has 0 nitrogen and oxygen atoms in total. The molecular weight excluding hydrogens is 216 g/mol. The van der Waals surface area contributed by atoms with Gasteiger partial charge in [-0.2, -0.15) is 0 Å². The summed E-state index contributed by atoms with van der Waals surface area (Å²) in [4.78, 5) is 0. The molecule has 0 saturated heterocycles. The average molecular weight is 246 g/mol. The predicted molar refractivity (Wildman–Crippen MR) is 80.5 cm³/mol. The fraction of sp³-hybridized carbons (Fsp3) is 0.778. The first-order valence-corrected chi connectivity index (χ1v) is 8.12. The maximum Gasteiger partial charge on any atom is -0.0230 e. The van der Waals surface area contributed by atoms with E-state index in [1.807, 2.05) is 6.08 Å². The highest BCUT2D eigenvalue weighted by Gasteiger charge is 2.29. The van der Waals surface area contributed by atoms with Crippen LogP contribution in [-0.4, -0.2) is 0 Å². The molecule has 0 N–H and O–H groups in total. The van der Waals surface area contributed by atoms with Gasteiger partial charge in [0.15, 0.2) is 0 Å². The van der Waals surface area contributed by atoms with Crippen LogP contribution >= 0.6 is 0 Å². The second kappa shape index (κ2) is 7.16. The van der Waals surface area contributed by atoms with E-state index < -0.39 is 0 Å². The first kappa shape index (κ1) is 13.9. The zero-order valence-electron chi connectivity index (χ0n) is 12.1. The highest BCUT2D eigenvalue weighted by atomic mass is 14.3. The van der Waals surface area contributed by atoms with E-state index in [1.54, 1.807) is 0 Å². The molecule has 0 radical (unpaired) electrons. The van der Waals surface area contributed by atoms with Crippen molar-refractivity contribution in [1.29, 1.82) is 0 Å². The van der Waals surface area contributed by atoms with Crippen molar-refractivity contribution in [3.8, 4) is 0 Å². The molecule has 2 fully saturated rings. The molecule has 18 heavy (non-hydrogen) atoms. The Morgan fingerprint density at radius 2 is 1.44 bits per heavy atom. The lowest BCUT2D eigenvalue weighted by Gasteiger charge is -2.37. The molecule has 2 saturated carbocycles. The molecule has 0 heteroatoms. The molecule has 0 amide bonds. The van der Waals surface area contributed by atoms with E-state index in [1.165, 1.54) is 57.8 Å². The standard InChI is InChI=1S/C18H30/c1-3-5-6-16-9-13-18(14-10-16)17-11-7-15(4-2)8-12-17/h3,5-6,15-18H,1,4,7-14H2,2H3. The van der Waals surface area contributed by atoms with Gasteiger partial charge in [0.05, 0.1) is 0 Å². The summed E-state index contributed by atoms with van der Waals surface area (Å²) in [5.41, 5.74) is 0. The summed E-state index contributed by atoms with van der Waals surface area (Å²) in [5, 5.41) is 0. The highest BCUT2D eigenvalue weighted by Crippen LogP contribution is 2.42. The van der Waals surface area contributed by atoms with Gasteiger partial charge < -0.3 is 0 Å². The maximum absolute atomic E-state index is 3.76. The van der Waals surface area contributed by atoms with Gasteiger partial charge in [-0.25, -0.2) is 0 Å². The zero-order chi connectivity index (χ0) is 12.8. The molecule has 0 heterocycles. The lowest BCUT2D eigenvalue weighted by Crippen LogP contribution is -2.25. The second-order valence-electron chi connectivity index (χ2n) is 6.48. The van der Waals surface area contributed by atoms with Gasteiger partial charge in [0.25, 0.3) is 0 Å². The van der Waals surface area contributed by atoms with Crippen molar-refractivity contribution >= 4 is 0 Å². The lowest BCUT2D eigenvalue weighted by molar-refractivity contribution is 0.154. The predicted octanol–water partition coefficient (Wildman–Crippen LogP) is 5.75. The van der Waals surface area contributed by atoms with Crippen molar-refractivity contribution in [2.24, 2.45) is 23.7 Å². The van der Waals surface area contributed by atoms with Crippen LogP contribution in [-0.2, 0) is 0 Å². The van der Waals surface area contributed by atoms with Crippen LogP contribution in [0.15, 0.2) is 24.8 Å². The van der Waals surface area contributed by atoms with Gasteiger partial charge in [-0.3, -0.25) is 0 Å². The molecule has 0 aromatic rings. The molecule has 0 bridgehead atoms. The van der Waals surface area contributed by atoms with Crippen LogP contribution in [0.2, 0.25) is 0 Å². The summed E-state index contributed by atoms with van der Waals surface area (Å²) < 4.78 is 0. The summed E-state index contributed by atoms with van der Waals surface area (Å²) in [5.74, 6) is 4.01. The molecule has 0 aromatic carbocycles. The average Bonchev–Trinajstić information content (AvgIpc) is 2.46. The third-order valence-electron chi connectivity index (χ3n) is 5.47. The Hall–Kier alpha value is -0.520. The van der Waals surface area contributed by atoms with Crippen molar-refractivity contribution in [3.05, 3.63) is 24.8 Å². The minimum absolute atomic E-state index is 0.839. The fourth-order valence-electron chi connectivity index (χ4n) is 4.11. The second-order valence-corrected chi connectivity index (χ2v) is 6.48. The van der Waals surface area contributed by atoms with Crippen LogP contribution in [0.25, 0.3) is 0 Å². The van der Waals surface area contributed by atoms with E-state index in [9.17, 15) is 0 Å². The molecule has 0 spiro atoms. The normalized spacial score (nSPS) is 37.8. The fourth-order valence-corrected chi connectivity index (χ4v) is 4.11. The Morgan fingerprint density at radius 3 is 1.94 bits per heavy atom. The Morgan fingerprint density at radius 1 is 0.889 bits per heavy atom. The topological polar surface area (TPSA) is 0 Å². The summed E-state index contributed by atoms with van der Waals surface area (Å²) in [7, 11) is 0. The number of allylic oxidation sites excluding steroid dienone is 3. The Kier molecular flexibility index (Phi) is 5.53. The molecular formula is C18H30. The molecule has 102 valence electrons. The summed E-state index contributed by atoms with van der Waals surface area (Å²) in [6.07, 6.45) is 19.7. The van der Waals surface area contributed by atoms with Crippen LogP contribution < -0.4 is 0 Å². The molecule has 0 aromatic heterocycles. The summed E-state index contributed by atoms with van der Waals surface area (Å²) in [6.45, 7) is 6.13. The highest BCUT2D eigenvalue weighted by molar-refractivity contribution is 5.01. The van der Waals surface area contributed by atoms with Crippen LogP contribution in [0.3, 0.4) is 0 Å². The van der Waals surface area contributed by atoms with E-state index in [2.05, 4.69) is 25.7 Å². The lowest BCUT2D eigenvalue weighted by atomic mass is 9.69. The largest absolute Gasteiger partial charge is 0.0991 e. The van der Waals surface area contributed by atoms with Crippen molar-refractivity contribution < 1.29 is 0 Å². The molecule has 2 aliphatic rings. The van der Waals surface area contributed by atoms with Crippen molar-refractivity contribution in [1.82, 2.24) is 0 Å². The Balaban J connectivity index is 1.73. The van der Waals surface area contributed by atoms with Gasteiger partial charge in [-0.05, 0) is 62.2 Å². The van der Waals surface area contributed by atoms with Crippen LogP contribution in [0.4, 0.5) is 0 Å². The van der Waals surface area contributed by atoms with E-state index >= 15 is 0 Å². The van der Waals surface area contributed by atoms with Gasteiger partial charge in [0, 0.05) is 0 Å². The van der Waals surface area contributed by atoms with Gasteiger partial charge in [0.1, 0.15) is 0 Å². The smallest absolute Gasteiger partial charge is 0.0230 e. The molecule has 0 unspecified atom stereocenters. The number of hydrogen-bond acceptors (Lipinski definition) is 0. The van der Waals surface area contributed by atoms with Gasteiger partial charge in [-0.15, -0.1) is 0 Å². The minimum Gasteiger partial charge on any atom is -0.0991 e. The van der Waals surface area contributed by atoms with E-state index in [0.29, 0.717) is 0 Å². The monoisotopic (exact) mass is 246 g/mol.